The molecule has 0 spiro atoms. The minimum Gasteiger partial charge on any atom is -0.476 e. The van der Waals surface area contributed by atoms with Gasteiger partial charge in [-0.1, -0.05) is 0 Å². The number of carbonyl (C=O) groups is 2. The number of halogens is 4. The molecular weight excluding hydrogens is 292 g/mol. The van der Waals surface area contributed by atoms with Gasteiger partial charge in [-0.2, -0.15) is 18.2 Å². The monoisotopic (exact) mass is 302 g/mol. The molecule has 1 aromatic heterocycles. The molecule has 1 rings (SSSR count). The average molecular weight is 302 g/mol. The van der Waals surface area contributed by atoms with Crippen molar-refractivity contribution in [3.63, 3.8) is 0 Å². The number of alkyl halides is 4. The molecule has 0 bridgehead atoms. The van der Waals surface area contributed by atoms with E-state index < -0.39 is 24.8 Å². The molecule has 0 atom stereocenters. The van der Waals surface area contributed by atoms with Crippen LogP contribution >= 0.6 is 0 Å². The lowest BCUT2D eigenvalue weighted by Crippen LogP contribution is -2.21. The molecule has 0 saturated carbocycles. The molecule has 0 fully saturated rings. The van der Waals surface area contributed by atoms with Crippen LogP contribution in [-0.2, 0) is 4.79 Å². The summed E-state index contributed by atoms with van der Waals surface area (Å²) in [5, 5.41) is 18.2. The fraction of sp³-hybridized carbons (Fsp3) is 0.444. The number of carboxylic acid groups (broad SMARTS) is 2. The lowest BCUT2D eigenvalue weighted by Gasteiger charge is -1.96. The van der Waals surface area contributed by atoms with Crippen molar-refractivity contribution in [1.29, 1.82) is 0 Å². The molecule has 3 N–H and O–H groups in total. The van der Waals surface area contributed by atoms with Gasteiger partial charge in [0.15, 0.2) is 5.69 Å². The van der Waals surface area contributed by atoms with E-state index in [0.717, 1.165) is 6.26 Å². The van der Waals surface area contributed by atoms with Crippen LogP contribution in [0.4, 0.5) is 23.6 Å². The van der Waals surface area contributed by atoms with Gasteiger partial charge in [0, 0.05) is 6.54 Å². The standard InChI is InChI=1S/C7H9FN2O3.C2HF3O2/c8-2-1-3-9-7-10-5(4-13-7)6(11)12;3-2(4,5)1(6)7/h4H,1-3H2,(H,9,10)(H,11,12);(H,6,7). The number of nitrogens with zero attached hydrogens (tertiary/aromatic N) is 1. The van der Waals surface area contributed by atoms with E-state index in [2.05, 4.69) is 10.3 Å². The highest BCUT2D eigenvalue weighted by Crippen LogP contribution is 2.13. The van der Waals surface area contributed by atoms with Crippen LogP contribution in [0.1, 0.15) is 16.9 Å². The van der Waals surface area contributed by atoms with Crippen LogP contribution < -0.4 is 5.32 Å². The predicted molar refractivity (Wildman–Crippen MR) is 56.2 cm³/mol. The number of aliphatic carboxylic acids is 1. The molecule has 0 aliphatic heterocycles. The lowest BCUT2D eigenvalue weighted by atomic mass is 10.5. The third-order valence-corrected chi connectivity index (χ3v) is 1.55. The van der Waals surface area contributed by atoms with Gasteiger partial charge in [0.25, 0.3) is 6.01 Å². The maximum Gasteiger partial charge on any atom is 0.490 e. The normalized spacial score (nSPS) is 10.4. The van der Waals surface area contributed by atoms with Gasteiger partial charge < -0.3 is 19.9 Å². The zero-order valence-corrected chi connectivity index (χ0v) is 9.78. The highest BCUT2D eigenvalue weighted by molar-refractivity contribution is 5.85. The second-order valence-electron chi connectivity index (χ2n) is 3.12. The summed E-state index contributed by atoms with van der Waals surface area (Å²) in [5.41, 5.74) is -0.164. The van der Waals surface area contributed by atoms with Gasteiger partial charge in [-0.05, 0) is 6.42 Å². The molecule has 11 heteroatoms. The Morgan fingerprint density at radius 3 is 2.25 bits per heavy atom. The van der Waals surface area contributed by atoms with Gasteiger partial charge in [-0.3, -0.25) is 4.39 Å². The predicted octanol–water partition coefficient (Wildman–Crippen LogP) is 1.78. The first-order valence-electron chi connectivity index (χ1n) is 4.97. The number of aromatic nitrogens is 1. The van der Waals surface area contributed by atoms with Gasteiger partial charge in [0.2, 0.25) is 0 Å². The molecule has 0 saturated heterocycles. The summed E-state index contributed by atoms with van der Waals surface area (Å²) in [7, 11) is 0. The summed E-state index contributed by atoms with van der Waals surface area (Å²) < 4.78 is 48.1. The molecular formula is C9H10F4N2O5. The van der Waals surface area contributed by atoms with Crippen LogP contribution in [-0.4, -0.2) is 46.5 Å². The zero-order valence-electron chi connectivity index (χ0n) is 9.78. The Bertz CT molecular complexity index is 446. The van der Waals surface area contributed by atoms with Gasteiger partial charge >= 0.3 is 18.1 Å². The topological polar surface area (TPSA) is 113 Å². The molecule has 0 aliphatic carbocycles. The number of hydrogen-bond acceptors (Lipinski definition) is 5. The zero-order chi connectivity index (χ0) is 15.8. The first-order valence-corrected chi connectivity index (χ1v) is 4.97. The first kappa shape index (κ1) is 17.7. The van der Waals surface area contributed by atoms with E-state index in [1.54, 1.807) is 0 Å². The van der Waals surface area contributed by atoms with E-state index >= 15 is 0 Å². The SMILES string of the molecule is O=C(O)C(F)(F)F.O=C(O)c1coc(NCCCF)n1. The summed E-state index contributed by atoms with van der Waals surface area (Å²) in [5.74, 6) is -3.91. The Balaban J connectivity index is 0.000000441. The van der Waals surface area contributed by atoms with Crippen molar-refractivity contribution >= 4 is 18.0 Å². The second kappa shape index (κ2) is 7.96. The second-order valence-corrected chi connectivity index (χ2v) is 3.12. The minimum atomic E-state index is -5.08. The fourth-order valence-corrected chi connectivity index (χ4v) is 0.715. The van der Waals surface area contributed by atoms with Crippen LogP contribution in [0.3, 0.4) is 0 Å². The molecule has 0 aliphatic rings. The maximum absolute atomic E-state index is 11.6. The van der Waals surface area contributed by atoms with Crippen molar-refractivity contribution in [2.75, 3.05) is 18.5 Å². The maximum atomic E-state index is 11.6. The van der Waals surface area contributed by atoms with E-state index in [9.17, 15) is 22.4 Å². The molecule has 0 aromatic carbocycles. The quantitative estimate of drug-likeness (QED) is 0.561. The van der Waals surface area contributed by atoms with E-state index in [1.165, 1.54) is 0 Å². The van der Waals surface area contributed by atoms with Crippen LogP contribution in [0.2, 0.25) is 0 Å². The van der Waals surface area contributed by atoms with E-state index in [1.807, 2.05) is 0 Å². The van der Waals surface area contributed by atoms with Crippen LogP contribution in [0.5, 0.6) is 0 Å². The van der Waals surface area contributed by atoms with Crippen molar-refractivity contribution in [1.82, 2.24) is 4.98 Å². The number of carboxylic acids is 2. The summed E-state index contributed by atoms with van der Waals surface area (Å²) in [4.78, 5) is 22.8. The number of rotatable bonds is 5. The molecule has 114 valence electrons. The molecule has 7 nitrogen and oxygen atoms in total. The van der Waals surface area contributed by atoms with E-state index in [-0.39, 0.29) is 11.7 Å². The van der Waals surface area contributed by atoms with Crippen LogP contribution in [0.15, 0.2) is 10.7 Å². The van der Waals surface area contributed by atoms with Crippen molar-refractivity contribution in [3.8, 4) is 0 Å². The van der Waals surface area contributed by atoms with Crippen molar-refractivity contribution in [2.45, 2.75) is 12.6 Å². The number of oxazole rings is 1. The highest BCUT2D eigenvalue weighted by atomic mass is 19.4. The number of anilines is 1. The highest BCUT2D eigenvalue weighted by Gasteiger charge is 2.38. The van der Waals surface area contributed by atoms with E-state index in [0.29, 0.717) is 13.0 Å². The molecule has 20 heavy (non-hydrogen) atoms. The van der Waals surface area contributed by atoms with Crippen molar-refractivity contribution in [2.24, 2.45) is 0 Å². The van der Waals surface area contributed by atoms with Crippen LogP contribution in [0, 0.1) is 0 Å². The molecule has 0 amide bonds. The smallest absolute Gasteiger partial charge is 0.476 e. The Morgan fingerprint density at radius 2 is 1.90 bits per heavy atom. The summed E-state index contributed by atoms with van der Waals surface area (Å²) in [6.07, 6.45) is -3.72. The van der Waals surface area contributed by atoms with Gasteiger partial charge in [-0.25, -0.2) is 9.59 Å². The summed E-state index contributed by atoms with van der Waals surface area (Å²) >= 11 is 0. The average Bonchev–Trinajstić information content (AvgIpc) is 2.78. The Hall–Kier alpha value is -2.33. The van der Waals surface area contributed by atoms with Crippen LogP contribution in [0.25, 0.3) is 0 Å². The molecule has 1 heterocycles. The third-order valence-electron chi connectivity index (χ3n) is 1.55. The number of hydrogen-bond donors (Lipinski definition) is 3. The Kier molecular flexibility index (Phi) is 7.04. The first-order chi connectivity index (χ1) is 9.18. The van der Waals surface area contributed by atoms with Crippen molar-refractivity contribution < 1.29 is 41.8 Å². The largest absolute Gasteiger partial charge is 0.490 e. The van der Waals surface area contributed by atoms with E-state index in [4.69, 9.17) is 19.4 Å². The summed E-state index contributed by atoms with van der Waals surface area (Å²) in [6.45, 7) is -0.0600. The molecule has 0 unspecified atom stereocenters. The van der Waals surface area contributed by atoms with Gasteiger partial charge in [-0.15, -0.1) is 0 Å². The Morgan fingerprint density at radius 1 is 1.35 bits per heavy atom. The lowest BCUT2D eigenvalue weighted by molar-refractivity contribution is -0.192. The summed E-state index contributed by atoms with van der Waals surface area (Å²) in [6, 6.07) is 0.103. The Labute approximate surface area is 109 Å². The van der Waals surface area contributed by atoms with Crippen molar-refractivity contribution in [3.05, 3.63) is 12.0 Å². The molecule has 0 radical (unpaired) electrons. The number of aromatic carboxylic acids is 1. The van der Waals surface area contributed by atoms with Gasteiger partial charge in [0.1, 0.15) is 6.26 Å². The van der Waals surface area contributed by atoms with Gasteiger partial charge in [0.05, 0.1) is 6.67 Å². The third kappa shape index (κ3) is 7.18. The number of nitrogens with one attached hydrogen (secondary N) is 1. The fourth-order valence-electron chi connectivity index (χ4n) is 0.715. The minimum absolute atomic E-state index is 0.103. The molecule has 1 aromatic rings.